The minimum atomic E-state index is -0.0647. The van der Waals surface area contributed by atoms with E-state index in [1.165, 1.54) is 6.42 Å². The van der Waals surface area contributed by atoms with Crippen molar-refractivity contribution < 1.29 is 4.79 Å². The molecule has 1 aliphatic heterocycles. The van der Waals surface area contributed by atoms with Crippen LogP contribution in [0, 0.1) is 0 Å². The Balaban J connectivity index is 2.38. The summed E-state index contributed by atoms with van der Waals surface area (Å²) in [5.74, 6) is 0.268. The van der Waals surface area contributed by atoms with Gasteiger partial charge in [-0.05, 0) is 73.6 Å². The van der Waals surface area contributed by atoms with Gasteiger partial charge < -0.3 is 15.1 Å². The molecule has 1 heterocycles. The van der Waals surface area contributed by atoms with Crippen molar-refractivity contribution in [3.05, 3.63) is 0 Å². The lowest BCUT2D eigenvalue weighted by molar-refractivity contribution is -0.139. The molecule has 1 aliphatic rings. The third-order valence-electron chi connectivity index (χ3n) is 4.05. The van der Waals surface area contributed by atoms with E-state index in [-0.39, 0.29) is 11.9 Å². The van der Waals surface area contributed by atoms with Gasteiger partial charge in [-0.1, -0.05) is 0 Å². The van der Waals surface area contributed by atoms with Gasteiger partial charge in [0.25, 0.3) is 0 Å². The van der Waals surface area contributed by atoms with Crippen molar-refractivity contribution in [2.45, 2.75) is 64.6 Å². The second-order valence-corrected chi connectivity index (χ2v) is 6.21. The average Bonchev–Trinajstić information content (AvgIpc) is 2.33. The highest BCUT2D eigenvalue weighted by Gasteiger charge is 2.31. The first-order valence-electron chi connectivity index (χ1n) is 7.63. The average molecular weight is 269 g/mol. The summed E-state index contributed by atoms with van der Waals surface area (Å²) in [6, 6.07) is 0.717. The summed E-state index contributed by atoms with van der Waals surface area (Å²) in [6.45, 7) is 8.30. The summed E-state index contributed by atoms with van der Waals surface area (Å²) in [5, 5.41) is 3.36. The summed E-state index contributed by atoms with van der Waals surface area (Å²) >= 11 is 0. The Kier molecular flexibility index (Phi) is 6.80. The number of hydrogen-bond acceptors (Lipinski definition) is 3. The fourth-order valence-electron chi connectivity index (χ4n) is 2.88. The van der Waals surface area contributed by atoms with Gasteiger partial charge in [-0.15, -0.1) is 0 Å². The normalized spacial score (nSPS) is 25.7. The number of likely N-dealkylation sites (tertiary alicyclic amines) is 1. The summed E-state index contributed by atoms with van der Waals surface area (Å²) in [5.41, 5.74) is 0. The Morgan fingerprint density at radius 3 is 2.42 bits per heavy atom. The molecule has 3 atom stereocenters. The molecular formula is C15H31N3O. The van der Waals surface area contributed by atoms with Crippen LogP contribution < -0.4 is 5.32 Å². The zero-order valence-corrected chi connectivity index (χ0v) is 13.3. The highest BCUT2D eigenvalue weighted by Crippen LogP contribution is 2.23. The molecule has 1 amide bonds. The van der Waals surface area contributed by atoms with Gasteiger partial charge in [0, 0.05) is 12.1 Å². The monoisotopic (exact) mass is 269 g/mol. The van der Waals surface area contributed by atoms with Gasteiger partial charge in [0.15, 0.2) is 0 Å². The first kappa shape index (κ1) is 16.4. The SMILES string of the molecule is CC(NCCCN(C)C)C(=O)N1C(C)CCCC1C. The number of hydrogen-bond donors (Lipinski definition) is 1. The molecule has 0 aromatic carbocycles. The van der Waals surface area contributed by atoms with Crippen molar-refractivity contribution in [3.8, 4) is 0 Å². The molecule has 3 unspecified atom stereocenters. The van der Waals surface area contributed by atoms with Crippen molar-refractivity contribution in [3.63, 3.8) is 0 Å². The van der Waals surface area contributed by atoms with Crippen molar-refractivity contribution in [1.82, 2.24) is 15.1 Å². The number of carbonyl (C=O) groups is 1. The minimum Gasteiger partial charge on any atom is -0.336 e. The van der Waals surface area contributed by atoms with E-state index in [9.17, 15) is 4.79 Å². The first-order valence-corrected chi connectivity index (χ1v) is 7.63. The van der Waals surface area contributed by atoms with E-state index >= 15 is 0 Å². The fraction of sp³-hybridized carbons (Fsp3) is 0.933. The molecule has 1 fully saturated rings. The van der Waals surface area contributed by atoms with Crippen LogP contribution >= 0.6 is 0 Å². The van der Waals surface area contributed by atoms with Crippen LogP contribution in [-0.2, 0) is 4.79 Å². The van der Waals surface area contributed by atoms with Gasteiger partial charge in [0.1, 0.15) is 0 Å². The Hall–Kier alpha value is -0.610. The highest BCUT2D eigenvalue weighted by molar-refractivity contribution is 5.82. The maximum Gasteiger partial charge on any atom is 0.239 e. The van der Waals surface area contributed by atoms with E-state index in [1.54, 1.807) is 0 Å². The van der Waals surface area contributed by atoms with Crippen LogP contribution in [0.25, 0.3) is 0 Å². The Morgan fingerprint density at radius 2 is 1.89 bits per heavy atom. The van der Waals surface area contributed by atoms with Crippen molar-refractivity contribution in [2.75, 3.05) is 27.2 Å². The van der Waals surface area contributed by atoms with Crippen LogP contribution in [0.3, 0.4) is 0 Å². The van der Waals surface area contributed by atoms with Crippen molar-refractivity contribution >= 4 is 5.91 Å². The molecule has 4 nitrogen and oxygen atoms in total. The lowest BCUT2D eigenvalue weighted by Gasteiger charge is -2.40. The maximum atomic E-state index is 12.5. The Bertz CT molecular complexity index is 271. The second-order valence-electron chi connectivity index (χ2n) is 6.21. The largest absolute Gasteiger partial charge is 0.336 e. The molecule has 1 N–H and O–H groups in total. The van der Waals surface area contributed by atoms with Crippen molar-refractivity contribution in [2.24, 2.45) is 0 Å². The number of nitrogens with zero attached hydrogens (tertiary/aromatic N) is 2. The molecule has 0 saturated carbocycles. The summed E-state index contributed by atoms with van der Waals surface area (Å²) in [4.78, 5) is 16.8. The number of carbonyl (C=O) groups excluding carboxylic acids is 1. The fourth-order valence-corrected chi connectivity index (χ4v) is 2.88. The van der Waals surface area contributed by atoms with E-state index in [1.807, 2.05) is 6.92 Å². The van der Waals surface area contributed by atoms with E-state index in [0.29, 0.717) is 12.1 Å². The molecule has 0 aromatic heterocycles. The molecule has 0 bridgehead atoms. The summed E-state index contributed by atoms with van der Waals surface area (Å²) in [7, 11) is 4.15. The number of nitrogens with one attached hydrogen (secondary N) is 1. The first-order chi connectivity index (χ1) is 8.93. The number of piperidine rings is 1. The molecule has 0 aliphatic carbocycles. The zero-order valence-electron chi connectivity index (χ0n) is 13.3. The molecule has 19 heavy (non-hydrogen) atoms. The molecule has 4 heteroatoms. The zero-order chi connectivity index (χ0) is 14.4. The van der Waals surface area contributed by atoms with Gasteiger partial charge in [-0.2, -0.15) is 0 Å². The van der Waals surface area contributed by atoms with Crippen LogP contribution in [0.15, 0.2) is 0 Å². The van der Waals surface area contributed by atoms with Gasteiger partial charge in [0.2, 0.25) is 5.91 Å². The topological polar surface area (TPSA) is 35.6 Å². The summed E-state index contributed by atoms with van der Waals surface area (Å²) in [6.07, 6.45) is 4.61. The molecule has 112 valence electrons. The highest BCUT2D eigenvalue weighted by atomic mass is 16.2. The Morgan fingerprint density at radius 1 is 1.32 bits per heavy atom. The van der Waals surface area contributed by atoms with Crippen LogP contribution in [0.4, 0.5) is 0 Å². The van der Waals surface area contributed by atoms with E-state index in [4.69, 9.17) is 0 Å². The second kappa shape index (κ2) is 7.85. The molecular weight excluding hydrogens is 238 g/mol. The van der Waals surface area contributed by atoms with Crippen molar-refractivity contribution in [1.29, 1.82) is 0 Å². The van der Waals surface area contributed by atoms with E-state index in [2.05, 4.69) is 43.1 Å². The lowest BCUT2D eigenvalue weighted by atomic mass is 9.96. The smallest absolute Gasteiger partial charge is 0.239 e. The van der Waals surface area contributed by atoms with Gasteiger partial charge in [0.05, 0.1) is 6.04 Å². The quantitative estimate of drug-likeness (QED) is 0.746. The number of rotatable bonds is 6. The lowest BCUT2D eigenvalue weighted by Crippen LogP contribution is -2.54. The van der Waals surface area contributed by atoms with Gasteiger partial charge in [-0.25, -0.2) is 0 Å². The van der Waals surface area contributed by atoms with Crippen LogP contribution in [0.1, 0.15) is 46.5 Å². The minimum absolute atomic E-state index is 0.0647. The standard InChI is InChI=1S/C15H31N3O/c1-12-8-6-9-13(2)18(12)15(19)14(3)16-10-7-11-17(4)5/h12-14,16H,6-11H2,1-5H3. The maximum absolute atomic E-state index is 12.5. The molecule has 1 rings (SSSR count). The summed E-state index contributed by atoms with van der Waals surface area (Å²) < 4.78 is 0. The predicted octanol–water partition coefficient (Wildman–Crippen LogP) is 1.71. The van der Waals surface area contributed by atoms with Gasteiger partial charge >= 0.3 is 0 Å². The molecule has 0 aromatic rings. The predicted molar refractivity (Wildman–Crippen MR) is 80.3 cm³/mol. The Labute approximate surface area is 118 Å². The molecule has 0 radical (unpaired) electrons. The molecule has 1 saturated heterocycles. The van der Waals surface area contributed by atoms with E-state index < -0.39 is 0 Å². The van der Waals surface area contributed by atoms with Crippen LogP contribution in [0.2, 0.25) is 0 Å². The van der Waals surface area contributed by atoms with E-state index in [0.717, 1.165) is 32.4 Å². The molecule has 0 spiro atoms. The van der Waals surface area contributed by atoms with Crippen LogP contribution in [0.5, 0.6) is 0 Å². The number of amides is 1. The van der Waals surface area contributed by atoms with Crippen LogP contribution in [-0.4, -0.2) is 61.0 Å². The van der Waals surface area contributed by atoms with Gasteiger partial charge in [-0.3, -0.25) is 4.79 Å². The third-order valence-corrected chi connectivity index (χ3v) is 4.05. The third kappa shape index (κ3) is 5.11.